The number of benzene rings is 2. The zero-order valence-electron chi connectivity index (χ0n) is 14.6. The molecule has 0 fully saturated rings. The van der Waals surface area contributed by atoms with Gasteiger partial charge in [0, 0.05) is 35.6 Å². The molecule has 1 aromatic heterocycles. The molecule has 0 saturated heterocycles. The van der Waals surface area contributed by atoms with Crippen LogP contribution in [-0.2, 0) is 11.8 Å². The molecule has 0 atom stereocenters. The average Bonchev–Trinajstić information content (AvgIpc) is 3.07. The molecular formula is C20H19N3O2S. The van der Waals surface area contributed by atoms with E-state index in [4.69, 9.17) is 0 Å². The number of rotatable bonds is 6. The zero-order valence-corrected chi connectivity index (χ0v) is 15.4. The molecule has 0 radical (unpaired) electrons. The van der Waals surface area contributed by atoms with Crippen molar-refractivity contribution in [2.75, 3.05) is 11.1 Å². The molecule has 1 amide bonds. The summed E-state index contributed by atoms with van der Waals surface area (Å²) in [6.07, 6.45) is 3.32. The summed E-state index contributed by atoms with van der Waals surface area (Å²) in [6.45, 7) is 2.03. The minimum atomic E-state index is -0.148. The number of hydrogen-bond acceptors (Lipinski definition) is 4. The van der Waals surface area contributed by atoms with Crippen molar-refractivity contribution in [3.63, 3.8) is 0 Å². The number of carbonyl (C=O) groups is 2. The van der Waals surface area contributed by atoms with Crippen LogP contribution in [0, 0.1) is 6.92 Å². The first-order valence-corrected chi connectivity index (χ1v) is 9.13. The molecule has 0 aliphatic carbocycles. The summed E-state index contributed by atoms with van der Waals surface area (Å²) in [7, 11) is 1.78. The maximum atomic E-state index is 12.4. The minimum absolute atomic E-state index is 0.0820. The molecule has 2 aromatic carbocycles. The number of nitrogens with one attached hydrogen (secondary N) is 1. The standard InChI is InChI=1S/C20H19N3O2S/c1-14-5-3-4-6-17(14)26-13-18(24)22-16-9-7-15(8-10-16)19(25)20-21-11-12-23(20)2/h3-12H,13H2,1-2H3,(H,22,24). The van der Waals surface area contributed by atoms with E-state index in [9.17, 15) is 9.59 Å². The fourth-order valence-corrected chi connectivity index (χ4v) is 3.31. The van der Waals surface area contributed by atoms with E-state index >= 15 is 0 Å². The molecule has 0 spiro atoms. The maximum absolute atomic E-state index is 12.4. The molecule has 0 unspecified atom stereocenters. The summed E-state index contributed by atoms with van der Waals surface area (Å²) in [4.78, 5) is 29.7. The number of thioether (sulfide) groups is 1. The lowest BCUT2D eigenvalue weighted by molar-refractivity contribution is -0.113. The summed E-state index contributed by atoms with van der Waals surface area (Å²) in [6, 6.07) is 14.8. The van der Waals surface area contributed by atoms with Gasteiger partial charge in [0.2, 0.25) is 11.7 Å². The summed E-state index contributed by atoms with van der Waals surface area (Å²) < 4.78 is 1.68. The number of aromatic nitrogens is 2. The van der Waals surface area contributed by atoms with Crippen LogP contribution in [-0.4, -0.2) is 27.0 Å². The second-order valence-corrected chi connectivity index (χ2v) is 6.89. The molecule has 0 aliphatic rings. The summed E-state index contributed by atoms with van der Waals surface area (Å²) in [5.74, 6) is 0.488. The van der Waals surface area contributed by atoms with E-state index in [1.54, 1.807) is 48.3 Å². The van der Waals surface area contributed by atoms with Gasteiger partial charge in [-0.3, -0.25) is 9.59 Å². The lowest BCUT2D eigenvalue weighted by Gasteiger charge is -2.08. The minimum Gasteiger partial charge on any atom is -0.331 e. The summed E-state index contributed by atoms with van der Waals surface area (Å²) in [5, 5.41) is 2.85. The molecule has 0 saturated carbocycles. The van der Waals surface area contributed by atoms with Gasteiger partial charge in [0.05, 0.1) is 5.75 Å². The van der Waals surface area contributed by atoms with Gasteiger partial charge in [-0.05, 0) is 42.8 Å². The Balaban J connectivity index is 1.59. The molecule has 3 aromatic rings. The smallest absolute Gasteiger partial charge is 0.234 e. The van der Waals surface area contributed by atoms with E-state index in [0.29, 0.717) is 22.8 Å². The largest absolute Gasteiger partial charge is 0.331 e. The van der Waals surface area contributed by atoms with Crippen molar-refractivity contribution >= 4 is 29.1 Å². The normalized spacial score (nSPS) is 10.5. The Labute approximate surface area is 156 Å². The first-order chi connectivity index (χ1) is 12.5. The third-order valence-corrected chi connectivity index (χ3v) is 5.08. The highest BCUT2D eigenvalue weighted by atomic mass is 32.2. The molecule has 6 heteroatoms. The first-order valence-electron chi connectivity index (χ1n) is 8.15. The van der Waals surface area contributed by atoms with E-state index < -0.39 is 0 Å². The lowest BCUT2D eigenvalue weighted by atomic mass is 10.1. The predicted molar refractivity (Wildman–Crippen MR) is 104 cm³/mol. The number of amides is 1. The molecule has 5 nitrogen and oxygen atoms in total. The van der Waals surface area contributed by atoms with Gasteiger partial charge in [0.25, 0.3) is 0 Å². The topological polar surface area (TPSA) is 64.0 Å². The van der Waals surface area contributed by atoms with Crippen molar-refractivity contribution < 1.29 is 9.59 Å². The fraction of sp³-hybridized carbons (Fsp3) is 0.150. The van der Waals surface area contributed by atoms with Crippen LogP contribution in [0.15, 0.2) is 65.8 Å². The summed E-state index contributed by atoms with van der Waals surface area (Å²) in [5.41, 5.74) is 2.35. The molecule has 1 N–H and O–H groups in total. The highest BCUT2D eigenvalue weighted by Gasteiger charge is 2.13. The number of imidazole rings is 1. The quantitative estimate of drug-likeness (QED) is 0.534. The van der Waals surface area contributed by atoms with Crippen molar-refractivity contribution in [2.45, 2.75) is 11.8 Å². The van der Waals surface area contributed by atoms with E-state index in [1.807, 2.05) is 31.2 Å². The van der Waals surface area contributed by atoms with E-state index in [0.717, 1.165) is 10.5 Å². The van der Waals surface area contributed by atoms with Crippen molar-refractivity contribution in [1.29, 1.82) is 0 Å². The van der Waals surface area contributed by atoms with Crippen molar-refractivity contribution in [1.82, 2.24) is 9.55 Å². The number of anilines is 1. The van der Waals surface area contributed by atoms with E-state index in [2.05, 4.69) is 10.3 Å². The number of carbonyl (C=O) groups excluding carboxylic acids is 2. The van der Waals surface area contributed by atoms with Gasteiger partial charge in [0.15, 0.2) is 5.82 Å². The van der Waals surface area contributed by atoms with Gasteiger partial charge in [-0.25, -0.2) is 4.98 Å². The number of nitrogens with zero attached hydrogens (tertiary/aromatic N) is 2. The molecule has 0 bridgehead atoms. The van der Waals surface area contributed by atoms with Crippen LogP contribution in [0.1, 0.15) is 21.7 Å². The average molecular weight is 365 g/mol. The van der Waals surface area contributed by atoms with Gasteiger partial charge in [0.1, 0.15) is 0 Å². The van der Waals surface area contributed by atoms with Gasteiger partial charge in [-0.15, -0.1) is 11.8 Å². The highest BCUT2D eigenvalue weighted by Crippen LogP contribution is 2.22. The van der Waals surface area contributed by atoms with Crippen LogP contribution in [0.25, 0.3) is 0 Å². The maximum Gasteiger partial charge on any atom is 0.234 e. The van der Waals surface area contributed by atoms with Crippen LogP contribution in [0.3, 0.4) is 0 Å². The third-order valence-electron chi connectivity index (χ3n) is 3.91. The Hall–Kier alpha value is -2.86. The van der Waals surface area contributed by atoms with Gasteiger partial charge < -0.3 is 9.88 Å². The van der Waals surface area contributed by atoms with Gasteiger partial charge in [-0.2, -0.15) is 0 Å². The number of ketones is 1. The Morgan fingerprint density at radius 1 is 1.12 bits per heavy atom. The molecule has 26 heavy (non-hydrogen) atoms. The summed E-state index contributed by atoms with van der Waals surface area (Å²) >= 11 is 1.51. The lowest BCUT2D eigenvalue weighted by Crippen LogP contribution is -2.14. The predicted octanol–water partition coefficient (Wildman–Crippen LogP) is 3.69. The van der Waals surface area contributed by atoms with Gasteiger partial charge in [-0.1, -0.05) is 18.2 Å². The van der Waals surface area contributed by atoms with Crippen molar-refractivity contribution in [3.8, 4) is 0 Å². The van der Waals surface area contributed by atoms with E-state index in [1.165, 1.54) is 11.8 Å². The van der Waals surface area contributed by atoms with E-state index in [-0.39, 0.29) is 11.7 Å². The molecule has 1 heterocycles. The van der Waals surface area contributed by atoms with Crippen LogP contribution < -0.4 is 5.32 Å². The van der Waals surface area contributed by atoms with Crippen LogP contribution >= 0.6 is 11.8 Å². The Bertz CT molecular complexity index is 932. The van der Waals surface area contributed by atoms with Crippen LogP contribution in [0.2, 0.25) is 0 Å². The second-order valence-electron chi connectivity index (χ2n) is 5.87. The monoisotopic (exact) mass is 365 g/mol. The van der Waals surface area contributed by atoms with Gasteiger partial charge >= 0.3 is 0 Å². The van der Waals surface area contributed by atoms with Crippen molar-refractivity contribution in [3.05, 3.63) is 77.9 Å². The Morgan fingerprint density at radius 3 is 2.50 bits per heavy atom. The highest BCUT2D eigenvalue weighted by molar-refractivity contribution is 8.00. The Morgan fingerprint density at radius 2 is 1.85 bits per heavy atom. The molecule has 0 aliphatic heterocycles. The number of aryl methyl sites for hydroxylation is 2. The molecule has 132 valence electrons. The molecular weight excluding hydrogens is 346 g/mol. The fourth-order valence-electron chi connectivity index (χ4n) is 2.48. The molecule has 3 rings (SSSR count). The zero-order chi connectivity index (χ0) is 18.5. The van der Waals surface area contributed by atoms with Crippen molar-refractivity contribution in [2.24, 2.45) is 7.05 Å². The Kier molecular flexibility index (Phi) is 5.53. The van der Waals surface area contributed by atoms with Crippen LogP contribution in [0.4, 0.5) is 5.69 Å². The van der Waals surface area contributed by atoms with Crippen LogP contribution in [0.5, 0.6) is 0 Å². The number of hydrogen-bond donors (Lipinski definition) is 1. The SMILES string of the molecule is Cc1ccccc1SCC(=O)Nc1ccc(C(=O)c2nccn2C)cc1. The second kappa shape index (κ2) is 8.01. The third kappa shape index (κ3) is 4.21. The first kappa shape index (κ1) is 17.9.